The van der Waals surface area contributed by atoms with E-state index >= 15 is 0 Å². The van der Waals surface area contributed by atoms with Gasteiger partial charge in [0.1, 0.15) is 17.1 Å². The third-order valence-corrected chi connectivity index (χ3v) is 5.48. The van der Waals surface area contributed by atoms with Gasteiger partial charge in [-0.25, -0.2) is 18.6 Å². The molecule has 0 fully saturated rings. The first-order valence-electron chi connectivity index (χ1n) is 10.8. The molecular formula is C25H21F5N4O2. The van der Waals surface area contributed by atoms with Gasteiger partial charge in [0.25, 0.3) is 0 Å². The number of aromatic amines is 1. The number of urea groups is 1. The van der Waals surface area contributed by atoms with Crippen LogP contribution < -0.4 is 15.0 Å². The van der Waals surface area contributed by atoms with Crippen LogP contribution in [-0.4, -0.2) is 29.5 Å². The van der Waals surface area contributed by atoms with Gasteiger partial charge in [-0.1, -0.05) is 6.07 Å². The van der Waals surface area contributed by atoms with Crippen molar-refractivity contribution in [3.8, 4) is 11.5 Å². The third kappa shape index (κ3) is 5.73. The molecule has 2 heterocycles. The Morgan fingerprint density at radius 2 is 1.86 bits per heavy atom. The second kappa shape index (κ2) is 10.2. The summed E-state index contributed by atoms with van der Waals surface area (Å²) in [6, 6.07) is 12.5. The van der Waals surface area contributed by atoms with E-state index in [1.807, 2.05) is 6.07 Å². The summed E-state index contributed by atoms with van der Waals surface area (Å²) in [7, 11) is 1.31. The van der Waals surface area contributed by atoms with Gasteiger partial charge in [-0.2, -0.15) is 13.2 Å². The molecule has 2 aromatic heterocycles. The molecule has 6 nitrogen and oxygen atoms in total. The molecule has 0 aliphatic heterocycles. The number of ether oxygens (including phenoxy) is 1. The van der Waals surface area contributed by atoms with Crippen LogP contribution in [0.15, 0.2) is 67.0 Å². The Morgan fingerprint density at radius 3 is 2.56 bits per heavy atom. The minimum Gasteiger partial charge on any atom is -0.457 e. The van der Waals surface area contributed by atoms with Crippen molar-refractivity contribution >= 4 is 28.4 Å². The van der Waals surface area contributed by atoms with Crippen LogP contribution in [-0.2, 0) is 12.6 Å². The summed E-state index contributed by atoms with van der Waals surface area (Å²) in [6.07, 6.45) is -5.22. The Kier molecular flexibility index (Phi) is 7.09. The quantitative estimate of drug-likeness (QED) is 0.261. The summed E-state index contributed by atoms with van der Waals surface area (Å²) in [5.41, 5.74) is -0.259. The average Bonchev–Trinajstić information content (AvgIpc) is 3.33. The van der Waals surface area contributed by atoms with Crippen LogP contribution in [0.1, 0.15) is 17.5 Å². The minimum atomic E-state index is -4.75. The molecule has 0 spiro atoms. The number of alkyl halides is 5. The molecule has 2 aromatic carbocycles. The van der Waals surface area contributed by atoms with Gasteiger partial charge in [0.2, 0.25) is 6.43 Å². The number of hydrogen-bond acceptors (Lipinski definition) is 3. The number of anilines is 2. The first kappa shape index (κ1) is 25.0. The van der Waals surface area contributed by atoms with E-state index in [1.165, 1.54) is 13.1 Å². The van der Waals surface area contributed by atoms with E-state index in [0.29, 0.717) is 22.8 Å². The molecule has 2 N–H and O–H groups in total. The molecule has 2 amide bonds. The average molecular weight is 504 g/mol. The standard InChI is InChI=1S/C25H21F5N4O2/c1-34(17-6-2-15(3-9-22(26)27)20(14-17)25(28,29)30)24(35)33-16-4-7-18(8-5-16)36-21-11-13-32-23-19(21)10-12-31-23/h2,4-8,10-14,22H,3,9H2,1H3,(H,31,32)(H,33,35). The topological polar surface area (TPSA) is 70.2 Å². The summed E-state index contributed by atoms with van der Waals surface area (Å²) in [5, 5.41) is 3.41. The maximum absolute atomic E-state index is 13.5. The zero-order chi connectivity index (χ0) is 25.9. The largest absolute Gasteiger partial charge is 0.457 e. The highest BCUT2D eigenvalue weighted by Crippen LogP contribution is 2.35. The van der Waals surface area contributed by atoms with Gasteiger partial charge in [0.05, 0.1) is 10.9 Å². The molecule has 0 aliphatic rings. The van der Waals surface area contributed by atoms with Crippen molar-refractivity contribution < 1.29 is 31.5 Å². The van der Waals surface area contributed by atoms with Crippen LogP contribution in [0.25, 0.3) is 11.0 Å². The van der Waals surface area contributed by atoms with Crippen molar-refractivity contribution in [2.24, 2.45) is 0 Å². The van der Waals surface area contributed by atoms with Crippen molar-refractivity contribution in [3.63, 3.8) is 0 Å². The van der Waals surface area contributed by atoms with Crippen LogP contribution in [0.2, 0.25) is 0 Å². The Balaban J connectivity index is 1.45. The minimum absolute atomic E-state index is 0.0335. The lowest BCUT2D eigenvalue weighted by Crippen LogP contribution is -2.31. The maximum atomic E-state index is 13.5. The number of carbonyl (C=O) groups is 1. The second-order valence-corrected chi connectivity index (χ2v) is 7.93. The number of aryl methyl sites for hydroxylation is 1. The molecule has 36 heavy (non-hydrogen) atoms. The first-order valence-corrected chi connectivity index (χ1v) is 10.8. The SMILES string of the molecule is CN(C(=O)Nc1ccc(Oc2ccnc3[nH]ccc23)cc1)c1ccc(CCC(F)F)c(C(F)(F)F)c1. The van der Waals surface area contributed by atoms with E-state index in [4.69, 9.17) is 4.74 Å². The fourth-order valence-corrected chi connectivity index (χ4v) is 3.60. The smallest absolute Gasteiger partial charge is 0.416 e. The molecule has 11 heteroatoms. The van der Waals surface area contributed by atoms with E-state index < -0.39 is 37.0 Å². The van der Waals surface area contributed by atoms with Crippen molar-refractivity contribution in [1.82, 2.24) is 9.97 Å². The Labute approximate surface area is 202 Å². The van der Waals surface area contributed by atoms with Crippen LogP contribution in [0.4, 0.5) is 38.1 Å². The monoisotopic (exact) mass is 504 g/mol. The van der Waals surface area contributed by atoms with Gasteiger partial charge in [0, 0.05) is 37.2 Å². The zero-order valence-corrected chi connectivity index (χ0v) is 18.9. The highest BCUT2D eigenvalue weighted by atomic mass is 19.4. The number of pyridine rings is 1. The van der Waals surface area contributed by atoms with Crippen LogP contribution in [0.5, 0.6) is 11.5 Å². The molecule has 0 radical (unpaired) electrons. The molecule has 0 atom stereocenters. The Morgan fingerprint density at radius 1 is 1.11 bits per heavy atom. The van der Waals surface area contributed by atoms with E-state index in [2.05, 4.69) is 15.3 Å². The van der Waals surface area contributed by atoms with Gasteiger partial charge in [0.15, 0.2) is 0 Å². The number of carbonyl (C=O) groups excluding carboxylic acids is 1. The molecule has 4 rings (SSSR count). The number of H-pyrrole nitrogens is 1. The maximum Gasteiger partial charge on any atom is 0.416 e. The Bertz CT molecular complexity index is 1350. The summed E-state index contributed by atoms with van der Waals surface area (Å²) in [4.78, 5) is 20.9. The predicted molar refractivity (Wildman–Crippen MR) is 126 cm³/mol. The number of halogens is 5. The van der Waals surface area contributed by atoms with Gasteiger partial charge < -0.3 is 15.0 Å². The summed E-state index contributed by atoms with van der Waals surface area (Å²) in [5.74, 6) is 1.10. The second-order valence-electron chi connectivity index (χ2n) is 7.93. The third-order valence-electron chi connectivity index (χ3n) is 5.48. The number of benzene rings is 2. The number of amides is 2. The number of nitrogens with zero attached hydrogens (tertiary/aromatic N) is 2. The van der Waals surface area contributed by atoms with Crippen molar-refractivity contribution in [3.05, 3.63) is 78.1 Å². The molecule has 0 saturated heterocycles. The van der Waals surface area contributed by atoms with Crippen molar-refractivity contribution in [2.75, 3.05) is 17.3 Å². The van der Waals surface area contributed by atoms with Gasteiger partial charge >= 0.3 is 12.2 Å². The molecular weight excluding hydrogens is 483 g/mol. The summed E-state index contributed by atoms with van der Waals surface area (Å²) in [6.45, 7) is 0. The highest BCUT2D eigenvalue weighted by molar-refractivity contribution is 6.01. The fourth-order valence-electron chi connectivity index (χ4n) is 3.60. The van der Waals surface area contributed by atoms with E-state index in [9.17, 15) is 26.7 Å². The lowest BCUT2D eigenvalue weighted by atomic mass is 10.0. The number of hydrogen-bond donors (Lipinski definition) is 2. The molecule has 0 unspecified atom stereocenters. The van der Waals surface area contributed by atoms with Gasteiger partial charge in [-0.3, -0.25) is 4.90 Å². The summed E-state index contributed by atoms with van der Waals surface area (Å²) < 4.78 is 71.4. The molecule has 0 saturated carbocycles. The lowest BCUT2D eigenvalue weighted by molar-refractivity contribution is -0.138. The van der Waals surface area contributed by atoms with Gasteiger partial charge in [-0.15, -0.1) is 0 Å². The van der Waals surface area contributed by atoms with Crippen molar-refractivity contribution in [2.45, 2.75) is 25.4 Å². The first-order chi connectivity index (χ1) is 17.1. The number of aromatic nitrogens is 2. The van der Waals surface area contributed by atoms with Crippen LogP contribution in [0, 0.1) is 0 Å². The molecule has 4 aromatic rings. The number of rotatable bonds is 7. The number of nitrogens with one attached hydrogen (secondary N) is 2. The van der Waals surface area contributed by atoms with Crippen molar-refractivity contribution in [1.29, 1.82) is 0 Å². The number of fused-ring (bicyclic) bond motifs is 1. The predicted octanol–water partition coefficient (Wildman–Crippen LogP) is 7.24. The highest BCUT2D eigenvalue weighted by Gasteiger charge is 2.34. The zero-order valence-electron chi connectivity index (χ0n) is 18.9. The summed E-state index contributed by atoms with van der Waals surface area (Å²) >= 11 is 0. The van der Waals surface area contributed by atoms with E-state index in [0.717, 1.165) is 22.4 Å². The molecule has 0 aliphatic carbocycles. The normalized spacial score (nSPS) is 11.6. The lowest BCUT2D eigenvalue weighted by Gasteiger charge is -2.21. The van der Waals surface area contributed by atoms with Gasteiger partial charge in [-0.05, 0) is 60.5 Å². The van der Waals surface area contributed by atoms with E-state index in [-0.39, 0.29) is 11.3 Å². The fraction of sp³-hybridized carbons (Fsp3) is 0.200. The van der Waals surface area contributed by atoms with Crippen LogP contribution in [0.3, 0.4) is 0 Å². The molecule has 0 bridgehead atoms. The Hall–Kier alpha value is -4.15. The van der Waals surface area contributed by atoms with Crippen LogP contribution >= 0.6 is 0 Å². The van der Waals surface area contributed by atoms with E-state index in [1.54, 1.807) is 42.7 Å². The molecule has 188 valence electrons.